The fourth-order valence-corrected chi connectivity index (χ4v) is 2.89. The molecule has 0 amide bonds. The number of aromatic nitrogens is 2. The lowest BCUT2D eigenvalue weighted by Gasteiger charge is -2.36. The minimum absolute atomic E-state index is 0.000388. The van der Waals surface area contributed by atoms with E-state index in [1.807, 2.05) is 6.07 Å². The Kier molecular flexibility index (Phi) is 4.08. The molecule has 1 saturated heterocycles. The fraction of sp³-hybridized carbons (Fsp3) is 0.471. The highest BCUT2D eigenvalue weighted by atomic mass is 16.5. The first kappa shape index (κ1) is 14.3. The van der Waals surface area contributed by atoms with Gasteiger partial charge in [-0.15, -0.1) is 0 Å². The minimum Gasteiger partial charge on any atom is -0.375 e. The summed E-state index contributed by atoms with van der Waals surface area (Å²) in [6.45, 7) is 6.09. The number of aromatic amines is 1. The highest BCUT2D eigenvalue weighted by Gasteiger charge is 2.28. The Morgan fingerprint density at radius 3 is 2.76 bits per heavy atom. The summed E-state index contributed by atoms with van der Waals surface area (Å²) in [7, 11) is 0. The summed E-state index contributed by atoms with van der Waals surface area (Å²) in [4.78, 5) is 0. The summed E-state index contributed by atoms with van der Waals surface area (Å²) in [5.41, 5.74) is 3.53. The molecule has 21 heavy (non-hydrogen) atoms. The Morgan fingerprint density at radius 2 is 2.10 bits per heavy atom. The summed E-state index contributed by atoms with van der Waals surface area (Å²) < 4.78 is 5.76. The number of hydrogen-bond donors (Lipinski definition) is 2. The monoisotopic (exact) mass is 285 g/mol. The van der Waals surface area contributed by atoms with Crippen LogP contribution in [-0.2, 0) is 11.3 Å². The molecule has 0 aliphatic carbocycles. The normalized spacial score (nSPS) is 21.3. The van der Waals surface area contributed by atoms with Gasteiger partial charge in [0.1, 0.15) is 0 Å². The first-order valence-electron chi connectivity index (χ1n) is 7.58. The number of hydrogen-bond acceptors (Lipinski definition) is 3. The van der Waals surface area contributed by atoms with Crippen molar-refractivity contribution in [3.8, 4) is 11.3 Å². The SMILES string of the molecule is CC1(C)CC(NCc2ccc(-c3ccn[nH]3)cc2)CCO1. The van der Waals surface area contributed by atoms with Gasteiger partial charge in [0.25, 0.3) is 0 Å². The van der Waals surface area contributed by atoms with E-state index in [-0.39, 0.29) is 5.60 Å². The third-order valence-corrected chi connectivity index (χ3v) is 4.06. The van der Waals surface area contributed by atoms with E-state index in [0.717, 1.165) is 31.7 Å². The first-order chi connectivity index (χ1) is 10.1. The summed E-state index contributed by atoms with van der Waals surface area (Å²) >= 11 is 0. The molecule has 2 aromatic rings. The third-order valence-electron chi connectivity index (χ3n) is 4.06. The number of nitrogens with one attached hydrogen (secondary N) is 2. The van der Waals surface area contributed by atoms with E-state index in [4.69, 9.17) is 4.74 Å². The molecule has 1 unspecified atom stereocenters. The van der Waals surface area contributed by atoms with Gasteiger partial charge in [0.2, 0.25) is 0 Å². The van der Waals surface area contributed by atoms with Gasteiger partial charge in [-0.2, -0.15) is 5.10 Å². The van der Waals surface area contributed by atoms with Crippen LogP contribution in [0, 0.1) is 0 Å². The molecule has 1 fully saturated rings. The van der Waals surface area contributed by atoms with Crippen LogP contribution < -0.4 is 5.32 Å². The summed E-state index contributed by atoms with van der Waals surface area (Å²) in [5, 5.41) is 10.6. The van der Waals surface area contributed by atoms with Crippen molar-refractivity contribution in [2.75, 3.05) is 6.61 Å². The minimum atomic E-state index is 0.000388. The fourth-order valence-electron chi connectivity index (χ4n) is 2.89. The Hall–Kier alpha value is -1.65. The zero-order chi connectivity index (χ0) is 14.7. The van der Waals surface area contributed by atoms with Gasteiger partial charge in [0.15, 0.2) is 0 Å². The van der Waals surface area contributed by atoms with Crippen LogP contribution in [0.3, 0.4) is 0 Å². The zero-order valence-electron chi connectivity index (χ0n) is 12.7. The van der Waals surface area contributed by atoms with Crippen LogP contribution in [0.5, 0.6) is 0 Å². The van der Waals surface area contributed by atoms with Crippen LogP contribution in [-0.4, -0.2) is 28.4 Å². The Bertz CT molecular complexity index is 560. The van der Waals surface area contributed by atoms with Gasteiger partial charge in [-0.25, -0.2) is 0 Å². The average Bonchev–Trinajstić information content (AvgIpc) is 2.99. The van der Waals surface area contributed by atoms with Crippen molar-refractivity contribution in [2.24, 2.45) is 0 Å². The molecule has 1 atom stereocenters. The summed E-state index contributed by atoms with van der Waals surface area (Å²) in [6.07, 6.45) is 3.94. The summed E-state index contributed by atoms with van der Waals surface area (Å²) in [6, 6.07) is 11.1. The van der Waals surface area contributed by atoms with Crippen molar-refractivity contribution >= 4 is 0 Å². The van der Waals surface area contributed by atoms with Gasteiger partial charge < -0.3 is 10.1 Å². The molecule has 1 aliphatic rings. The quantitative estimate of drug-likeness (QED) is 0.907. The molecule has 0 radical (unpaired) electrons. The van der Waals surface area contributed by atoms with Gasteiger partial charge in [0, 0.05) is 25.4 Å². The molecule has 1 aliphatic heterocycles. The first-order valence-corrected chi connectivity index (χ1v) is 7.58. The number of nitrogens with zero attached hydrogens (tertiary/aromatic N) is 1. The second kappa shape index (κ2) is 6.00. The van der Waals surface area contributed by atoms with Crippen LogP contribution in [0.1, 0.15) is 32.3 Å². The Balaban J connectivity index is 1.56. The standard InChI is InChI=1S/C17H23N3O/c1-17(2)11-15(8-10-21-17)18-12-13-3-5-14(6-4-13)16-7-9-19-20-16/h3-7,9,15,18H,8,10-12H2,1-2H3,(H,19,20). The molecule has 112 valence electrons. The number of ether oxygens (including phenoxy) is 1. The maximum absolute atomic E-state index is 5.76. The van der Waals surface area contributed by atoms with E-state index in [9.17, 15) is 0 Å². The lowest BCUT2D eigenvalue weighted by molar-refractivity contribution is -0.0630. The Morgan fingerprint density at radius 1 is 1.29 bits per heavy atom. The average molecular weight is 285 g/mol. The van der Waals surface area contributed by atoms with E-state index < -0.39 is 0 Å². The van der Waals surface area contributed by atoms with Crippen molar-refractivity contribution in [2.45, 2.75) is 44.9 Å². The largest absolute Gasteiger partial charge is 0.375 e. The molecule has 2 heterocycles. The smallest absolute Gasteiger partial charge is 0.0650 e. The molecule has 0 bridgehead atoms. The molecular weight excluding hydrogens is 262 g/mol. The second-order valence-corrected chi connectivity index (χ2v) is 6.35. The molecule has 4 heteroatoms. The molecule has 2 N–H and O–H groups in total. The van der Waals surface area contributed by atoms with E-state index in [1.165, 1.54) is 11.1 Å². The van der Waals surface area contributed by atoms with E-state index >= 15 is 0 Å². The highest BCUT2D eigenvalue weighted by molar-refractivity contribution is 5.58. The van der Waals surface area contributed by atoms with Crippen molar-refractivity contribution < 1.29 is 4.74 Å². The van der Waals surface area contributed by atoms with E-state index in [2.05, 4.69) is 53.6 Å². The third kappa shape index (κ3) is 3.71. The van der Waals surface area contributed by atoms with Gasteiger partial charge in [-0.05, 0) is 43.9 Å². The van der Waals surface area contributed by atoms with Gasteiger partial charge in [-0.1, -0.05) is 24.3 Å². The maximum atomic E-state index is 5.76. The molecule has 3 rings (SSSR count). The second-order valence-electron chi connectivity index (χ2n) is 6.35. The van der Waals surface area contributed by atoms with Gasteiger partial charge >= 0.3 is 0 Å². The lowest BCUT2D eigenvalue weighted by Crippen LogP contribution is -2.43. The topological polar surface area (TPSA) is 49.9 Å². The van der Waals surface area contributed by atoms with Gasteiger partial charge in [0.05, 0.1) is 11.3 Å². The molecule has 1 aromatic carbocycles. The van der Waals surface area contributed by atoms with Crippen LogP contribution in [0.2, 0.25) is 0 Å². The number of rotatable bonds is 4. The van der Waals surface area contributed by atoms with Crippen molar-refractivity contribution in [1.29, 1.82) is 0 Å². The van der Waals surface area contributed by atoms with Gasteiger partial charge in [-0.3, -0.25) is 5.10 Å². The maximum Gasteiger partial charge on any atom is 0.0650 e. The Labute approximate surface area is 125 Å². The van der Waals surface area contributed by atoms with Crippen molar-refractivity contribution in [3.63, 3.8) is 0 Å². The predicted molar refractivity (Wildman–Crippen MR) is 83.9 cm³/mol. The lowest BCUT2D eigenvalue weighted by atomic mass is 9.94. The van der Waals surface area contributed by atoms with Crippen LogP contribution in [0.15, 0.2) is 36.5 Å². The van der Waals surface area contributed by atoms with E-state index in [1.54, 1.807) is 6.20 Å². The highest BCUT2D eigenvalue weighted by Crippen LogP contribution is 2.24. The molecular formula is C17H23N3O. The summed E-state index contributed by atoms with van der Waals surface area (Å²) in [5.74, 6) is 0. The van der Waals surface area contributed by atoms with E-state index in [0.29, 0.717) is 6.04 Å². The molecule has 0 saturated carbocycles. The molecule has 1 aromatic heterocycles. The van der Waals surface area contributed by atoms with Crippen LogP contribution in [0.25, 0.3) is 11.3 Å². The number of H-pyrrole nitrogens is 1. The molecule has 4 nitrogen and oxygen atoms in total. The predicted octanol–water partition coefficient (Wildman–Crippen LogP) is 3.12. The van der Waals surface area contributed by atoms with Crippen LogP contribution in [0.4, 0.5) is 0 Å². The number of benzene rings is 1. The zero-order valence-corrected chi connectivity index (χ0v) is 12.7. The van der Waals surface area contributed by atoms with Crippen molar-refractivity contribution in [1.82, 2.24) is 15.5 Å². The molecule has 0 spiro atoms. The van der Waals surface area contributed by atoms with Crippen molar-refractivity contribution in [3.05, 3.63) is 42.1 Å². The van der Waals surface area contributed by atoms with Crippen LogP contribution >= 0.6 is 0 Å².